The van der Waals surface area contributed by atoms with Crippen LogP contribution >= 0.6 is 0 Å². The summed E-state index contributed by atoms with van der Waals surface area (Å²) in [5.74, 6) is 1.40. The van der Waals surface area contributed by atoms with Gasteiger partial charge in [0.05, 0.1) is 50.6 Å². The molecule has 2 aliphatic carbocycles. The third kappa shape index (κ3) is 6.34. The summed E-state index contributed by atoms with van der Waals surface area (Å²) < 4.78 is 4.61. The lowest BCUT2D eigenvalue weighted by molar-refractivity contribution is 0.666. The van der Waals surface area contributed by atoms with Crippen molar-refractivity contribution in [3.63, 3.8) is 0 Å². The van der Waals surface area contributed by atoms with Crippen molar-refractivity contribution in [1.82, 2.24) is 24.1 Å². The van der Waals surface area contributed by atoms with Crippen molar-refractivity contribution in [3.8, 4) is 91.1 Å². The van der Waals surface area contributed by atoms with Gasteiger partial charge in [-0.3, -0.25) is 0 Å². The molecule has 78 heavy (non-hydrogen) atoms. The highest BCUT2D eigenvalue weighted by Crippen LogP contribution is 2.55. The molecule has 0 radical (unpaired) electrons. The molecular formula is C71H47N7. The molecule has 0 saturated carbocycles. The number of hydrogen-bond acceptors (Lipinski definition) is 5. The highest BCUT2D eigenvalue weighted by molar-refractivity contribution is 6.16. The van der Waals surface area contributed by atoms with Crippen LogP contribution in [0.15, 0.2) is 212 Å². The van der Waals surface area contributed by atoms with Crippen LogP contribution in [0.25, 0.3) is 123 Å². The number of fused-ring (bicyclic) bond motifs is 14. The molecule has 13 aromatic rings. The van der Waals surface area contributed by atoms with Gasteiger partial charge < -0.3 is 9.13 Å². The molecule has 0 fully saturated rings. The number of rotatable bonds is 6. The number of benzene rings is 10. The third-order valence-electron chi connectivity index (χ3n) is 16.8. The van der Waals surface area contributed by atoms with Gasteiger partial charge in [-0.15, -0.1) is 0 Å². The van der Waals surface area contributed by atoms with Gasteiger partial charge in [0.1, 0.15) is 6.07 Å². The zero-order valence-electron chi connectivity index (χ0n) is 43.3. The van der Waals surface area contributed by atoms with Gasteiger partial charge >= 0.3 is 0 Å². The Morgan fingerprint density at radius 1 is 0.346 bits per heavy atom. The van der Waals surface area contributed by atoms with Crippen molar-refractivity contribution < 1.29 is 0 Å². The molecule has 0 atom stereocenters. The van der Waals surface area contributed by atoms with Crippen molar-refractivity contribution in [2.75, 3.05) is 0 Å². The molecule has 7 nitrogen and oxygen atoms in total. The zero-order valence-corrected chi connectivity index (χ0v) is 43.3. The zero-order chi connectivity index (χ0) is 52.6. The fourth-order valence-electron chi connectivity index (χ4n) is 13.4. The minimum atomic E-state index is -0.238. The van der Waals surface area contributed by atoms with E-state index in [4.69, 9.17) is 15.0 Å². The molecule has 0 N–H and O–H groups in total. The summed E-state index contributed by atoms with van der Waals surface area (Å²) in [7, 11) is 0. The van der Waals surface area contributed by atoms with Crippen LogP contribution in [0.4, 0.5) is 0 Å². The van der Waals surface area contributed by atoms with Crippen LogP contribution in [0, 0.1) is 22.7 Å². The number of para-hydroxylation sites is 2. The van der Waals surface area contributed by atoms with E-state index in [2.05, 4.69) is 188 Å². The molecule has 2 aliphatic rings. The first-order chi connectivity index (χ1) is 38.1. The van der Waals surface area contributed by atoms with Crippen molar-refractivity contribution in [1.29, 1.82) is 10.5 Å². The number of nitrogens with zero attached hydrogens (tertiary/aromatic N) is 7. The molecule has 0 unspecified atom stereocenters. The van der Waals surface area contributed by atoms with Gasteiger partial charge in [0.2, 0.25) is 0 Å². The van der Waals surface area contributed by atoms with Crippen LogP contribution in [-0.4, -0.2) is 24.1 Å². The standard InChI is InChI=1S/C71H47N7/c1-70(2)55-26-14-10-22-48(55)50-32-36-61-63(65(50)70)52-24-12-16-28-58(52)77(61)57-34-30-43(38-46(57)41-73)68-74-67(42-18-6-5-7-19-42)75-69(76-68)44-31-35-60(54(39-44)47-21-9-8-20-45(47)40-72)78-59-29-17-13-25-53(59)64-62(78)37-33-51-49-23-11-15-27-56(49)71(3,4)66(51)64/h5-39H,1-4H3. The van der Waals surface area contributed by atoms with Gasteiger partial charge in [-0.2, -0.15) is 10.5 Å². The van der Waals surface area contributed by atoms with Gasteiger partial charge in [0.25, 0.3) is 0 Å². The fourth-order valence-corrected chi connectivity index (χ4v) is 13.4. The number of nitriles is 2. The van der Waals surface area contributed by atoms with Gasteiger partial charge in [-0.05, 0) is 111 Å². The average Bonchev–Trinajstić information content (AvgIpc) is 3.51. The smallest absolute Gasteiger partial charge is 0.164 e. The summed E-state index contributed by atoms with van der Waals surface area (Å²) >= 11 is 0. The largest absolute Gasteiger partial charge is 0.309 e. The van der Waals surface area contributed by atoms with E-state index in [-0.39, 0.29) is 10.8 Å². The van der Waals surface area contributed by atoms with E-state index in [1.54, 1.807) is 0 Å². The lowest BCUT2D eigenvalue weighted by Crippen LogP contribution is -2.15. The Bertz CT molecular complexity index is 4820. The lowest BCUT2D eigenvalue weighted by Gasteiger charge is -2.22. The quantitative estimate of drug-likeness (QED) is 0.165. The Balaban J connectivity index is 0.919. The van der Waals surface area contributed by atoms with Crippen LogP contribution in [0.1, 0.15) is 61.1 Å². The maximum atomic E-state index is 11.1. The SMILES string of the molecule is CC1(C)c2ccccc2-c2ccc3c(c21)c1ccccc1n3-c1ccc(-c2nc(-c3ccccc3)nc(-c3ccc(-n4c5ccccc5c5c6c(ccc54)-c4ccccc4C6(C)C)c(-c4ccccc4C#N)c3)n2)cc1C#N. The molecule has 0 aliphatic heterocycles. The first-order valence-corrected chi connectivity index (χ1v) is 26.5. The summed E-state index contributed by atoms with van der Waals surface area (Å²) in [6.45, 7) is 9.32. The Kier molecular flexibility index (Phi) is 9.65. The second-order valence-electron chi connectivity index (χ2n) is 21.7. The van der Waals surface area contributed by atoms with Crippen LogP contribution < -0.4 is 0 Å². The predicted octanol–water partition coefficient (Wildman–Crippen LogP) is 17.1. The molecule has 0 bridgehead atoms. The summed E-state index contributed by atoms with van der Waals surface area (Å²) in [5.41, 5.74) is 20.8. The lowest BCUT2D eigenvalue weighted by atomic mass is 9.80. The molecule has 3 heterocycles. The molecule has 0 saturated heterocycles. The molecular weight excluding hydrogens is 951 g/mol. The van der Waals surface area contributed by atoms with Gasteiger partial charge in [-0.25, -0.2) is 15.0 Å². The van der Waals surface area contributed by atoms with E-state index < -0.39 is 0 Å². The maximum Gasteiger partial charge on any atom is 0.164 e. The number of hydrogen-bond donors (Lipinski definition) is 0. The van der Waals surface area contributed by atoms with Gasteiger partial charge in [-0.1, -0.05) is 173 Å². The summed E-state index contributed by atoms with van der Waals surface area (Å²) in [6, 6.07) is 78.9. The second kappa shape index (κ2) is 16.6. The molecule has 366 valence electrons. The molecule has 7 heteroatoms. The molecule has 3 aromatic heterocycles. The summed E-state index contributed by atoms with van der Waals surface area (Å²) in [6.07, 6.45) is 0. The van der Waals surface area contributed by atoms with Gasteiger partial charge in [0.15, 0.2) is 17.5 Å². The Morgan fingerprint density at radius 3 is 1.36 bits per heavy atom. The molecule has 15 rings (SSSR count). The van der Waals surface area contributed by atoms with Crippen LogP contribution in [0.5, 0.6) is 0 Å². The van der Waals surface area contributed by atoms with Crippen LogP contribution in [0.3, 0.4) is 0 Å². The van der Waals surface area contributed by atoms with E-state index in [1.807, 2.05) is 72.8 Å². The topological polar surface area (TPSA) is 96.1 Å². The molecule has 10 aromatic carbocycles. The monoisotopic (exact) mass is 997 g/mol. The van der Waals surface area contributed by atoms with Crippen LogP contribution in [0.2, 0.25) is 0 Å². The highest BCUT2D eigenvalue weighted by atomic mass is 15.0. The normalized spacial score (nSPS) is 13.6. The Hall–Kier alpha value is -10.2. The highest BCUT2D eigenvalue weighted by Gasteiger charge is 2.40. The fraction of sp³-hybridized carbons (Fsp3) is 0.0845. The van der Waals surface area contributed by atoms with Crippen molar-refractivity contribution in [2.45, 2.75) is 38.5 Å². The van der Waals surface area contributed by atoms with E-state index in [0.717, 1.165) is 61.1 Å². The van der Waals surface area contributed by atoms with Crippen LogP contribution in [-0.2, 0) is 10.8 Å². The molecule has 0 amide bonds. The summed E-state index contributed by atoms with van der Waals surface area (Å²) in [5, 5.41) is 26.6. The first-order valence-electron chi connectivity index (χ1n) is 26.5. The maximum absolute atomic E-state index is 11.1. The van der Waals surface area contributed by atoms with E-state index in [9.17, 15) is 10.5 Å². The average molecular weight is 998 g/mol. The minimum absolute atomic E-state index is 0.231. The van der Waals surface area contributed by atoms with E-state index in [0.29, 0.717) is 34.2 Å². The first kappa shape index (κ1) is 45.2. The third-order valence-corrected chi connectivity index (χ3v) is 16.8. The Morgan fingerprint density at radius 2 is 0.795 bits per heavy atom. The van der Waals surface area contributed by atoms with E-state index in [1.165, 1.54) is 60.7 Å². The minimum Gasteiger partial charge on any atom is -0.309 e. The number of aromatic nitrogens is 5. The van der Waals surface area contributed by atoms with Crippen molar-refractivity contribution in [3.05, 3.63) is 246 Å². The van der Waals surface area contributed by atoms with Crippen molar-refractivity contribution in [2.24, 2.45) is 0 Å². The Labute approximate surface area is 451 Å². The van der Waals surface area contributed by atoms with Crippen molar-refractivity contribution >= 4 is 43.6 Å². The summed E-state index contributed by atoms with van der Waals surface area (Å²) in [4.78, 5) is 15.6. The molecule has 0 spiro atoms. The van der Waals surface area contributed by atoms with E-state index >= 15 is 0 Å². The second-order valence-corrected chi connectivity index (χ2v) is 21.7. The van der Waals surface area contributed by atoms with Gasteiger partial charge in [0, 0.05) is 60.2 Å². The predicted molar refractivity (Wildman–Crippen MR) is 315 cm³/mol.